The van der Waals surface area contributed by atoms with Crippen LogP contribution in [0.25, 0.3) is 0 Å². The van der Waals surface area contributed by atoms with Crippen molar-refractivity contribution in [3.8, 4) is 5.75 Å². The topological polar surface area (TPSA) is 59.1 Å². The number of benzene rings is 3. The molecule has 3 aromatic carbocycles. The second-order valence-electron chi connectivity index (χ2n) is 7.56. The molecule has 2 heterocycles. The summed E-state index contributed by atoms with van der Waals surface area (Å²) in [6, 6.07) is 18.8. The van der Waals surface area contributed by atoms with Crippen LogP contribution in [0.4, 0.5) is 15.8 Å². The summed E-state index contributed by atoms with van der Waals surface area (Å²) in [6.07, 6.45) is -1.00. The van der Waals surface area contributed by atoms with Crippen LogP contribution in [0.1, 0.15) is 11.6 Å². The summed E-state index contributed by atoms with van der Waals surface area (Å²) in [5, 5.41) is 2.09. The zero-order valence-corrected chi connectivity index (χ0v) is 17.7. The Morgan fingerprint density at radius 2 is 1.50 bits per heavy atom. The Hall–Kier alpha value is -3.42. The fraction of sp³-hybridized carbons (Fsp3) is 0.167. The summed E-state index contributed by atoms with van der Waals surface area (Å²) in [6.45, 7) is 0. The molecule has 0 unspecified atom stereocenters. The van der Waals surface area contributed by atoms with Crippen LogP contribution in [0.3, 0.4) is 0 Å². The molecule has 2 saturated heterocycles. The van der Waals surface area contributed by atoms with Gasteiger partial charge in [0.05, 0.1) is 24.5 Å². The molecule has 3 aromatic rings. The molecule has 0 spiro atoms. The van der Waals surface area contributed by atoms with E-state index in [1.807, 2.05) is 0 Å². The molecule has 2 aliphatic rings. The number of imide groups is 1. The average Bonchev–Trinajstić information content (AvgIpc) is 3.31. The number of fused-ring (bicyclic) bond motifs is 1. The van der Waals surface area contributed by atoms with Crippen molar-refractivity contribution in [3.05, 3.63) is 89.2 Å². The number of hydroxylamine groups is 1. The lowest BCUT2D eigenvalue weighted by molar-refractivity contribution is -0.126. The molecule has 2 amide bonds. The van der Waals surface area contributed by atoms with Gasteiger partial charge in [-0.05, 0) is 66.2 Å². The molecular formula is C24H18ClFN2O4. The van der Waals surface area contributed by atoms with Gasteiger partial charge in [0.2, 0.25) is 5.91 Å². The molecule has 2 fully saturated rings. The predicted octanol–water partition coefficient (Wildman–Crippen LogP) is 4.54. The number of carbonyl (C=O) groups excluding carboxylic acids is 2. The highest BCUT2D eigenvalue weighted by Gasteiger charge is 2.60. The Bertz CT molecular complexity index is 1170. The zero-order valence-electron chi connectivity index (χ0n) is 16.9. The van der Waals surface area contributed by atoms with Crippen molar-refractivity contribution in [2.45, 2.75) is 12.1 Å². The van der Waals surface area contributed by atoms with Gasteiger partial charge in [-0.1, -0.05) is 23.7 Å². The molecule has 0 radical (unpaired) electrons. The van der Waals surface area contributed by atoms with Crippen LogP contribution in [0.5, 0.6) is 5.75 Å². The van der Waals surface area contributed by atoms with Crippen molar-refractivity contribution in [1.29, 1.82) is 0 Å². The van der Waals surface area contributed by atoms with E-state index in [1.165, 1.54) is 19.2 Å². The van der Waals surface area contributed by atoms with Crippen LogP contribution < -0.4 is 14.7 Å². The quantitative estimate of drug-likeness (QED) is 0.544. The molecule has 6 nitrogen and oxygen atoms in total. The van der Waals surface area contributed by atoms with Gasteiger partial charge < -0.3 is 4.74 Å². The minimum absolute atomic E-state index is 0.379. The largest absolute Gasteiger partial charge is 0.497 e. The first-order valence-electron chi connectivity index (χ1n) is 9.97. The number of rotatable bonds is 4. The van der Waals surface area contributed by atoms with Crippen molar-refractivity contribution < 1.29 is 23.6 Å². The Balaban J connectivity index is 1.55. The maximum absolute atomic E-state index is 13.6. The lowest BCUT2D eigenvalue weighted by Gasteiger charge is -2.28. The number of ether oxygens (including phenoxy) is 1. The molecule has 3 atom stereocenters. The van der Waals surface area contributed by atoms with Crippen LogP contribution in [-0.4, -0.2) is 25.0 Å². The summed E-state index contributed by atoms with van der Waals surface area (Å²) in [5.74, 6) is -1.41. The van der Waals surface area contributed by atoms with Gasteiger partial charge in [-0.15, -0.1) is 0 Å². The summed E-state index contributed by atoms with van der Waals surface area (Å²) >= 11 is 6.02. The first kappa shape index (κ1) is 20.5. The maximum atomic E-state index is 13.6. The van der Waals surface area contributed by atoms with E-state index in [1.54, 1.807) is 65.7 Å². The fourth-order valence-corrected chi connectivity index (χ4v) is 4.34. The third-order valence-corrected chi connectivity index (χ3v) is 5.99. The number of anilines is 2. The molecule has 32 heavy (non-hydrogen) atoms. The lowest BCUT2D eigenvalue weighted by Crippen LogP contribution is -2.37. The number of methoxy groups -OCH3 is 1. The van der Waals surface area contributed by atoms with E-state index >= 15 is 0 Å². The van der Waals surface area contributed by atoms with Gasteiger partial charge in [0.1, 0.15) is 17.5 Å². The summed E-state index contributed by atoms with van der Waals surface area (Å²) in [4.78, 5) is 34.0. The Kier molecular flexibility index (Phi) is 5.07. The number of carbonyl (C=O) groups is 2. The van der Waals surface area contributed by atoms with Crippen molar-refractivity contribution in [2.75, 3.05) is 17.1 Å². The first-order valence-corrected chi connectivity index (χ1v) is 10.3. The monoisotopic (exact) mass is 452 g/mol. The van der Waals surface area contributed by atoms with E-state index < -0.39 is 29.8 Å². The standard InChI is InChI=1S/C24H18ClFN2O4/c1-31-19-12-10-17(11-13-19)27-23(29)20-21(14-2-6-16(26)7-3-14)28(32-22(20)24(27)30)18-8-4-15(25)5-9-18/h2-13,20-22H,1H3/t20-,21-,22+/m1/s1. The van der Waals surface area contributed by atoms with Crippen LogP contribution in [0.2, 0.25) is 5.02 Å². The van der Waals surface area contributed by atoms with E-state index in [0.717, 1.165) is 4.90 Å². The van der Waals surface area contributed by atoms with Crippen LogP contribution in [0.15, 0.2) is 72.8 Å². The SMILES string of the molecule is COc1ccc(N2C(=O)[C@H]3[C@H](ON(c4ccc(Cl)cc4)[C@@H]3c3ccc(F)cc3)C2=O)cc1. The van der Waals surface area contributed by atoms with Gasteiger partial charge in [-0.3, -0.25) is 14.4 Å². The van der Waals surface area contributed by atoms with E-state index in [4.69, 9.17) is 21.2 Å². The van der Waals surface area contributed by atoms with Gasteiger partial charge >= 0.3 is 0 Å². The smallest absolute Gasteiger partial charge is 0.266 e. The van der Waals surface area contributed by atoms with Crippen molar-refractivity contribution in [2.24, 2.45) is 5.92 Å². The molecule has 5 rings (SSSR count). The van der Waals surface area contributed by atoms with Crippen LogP contribution in [0, 0.1) is 11.7 Å². The molecule has 0 saturated carbocycles. The third-order valence-electron chi connectivity index (χ3n) is 5.74. The molecule has 0 bridgehead atoms. The van der Waals surface area contributed by atoms with Gasteiger partial charge in [0, 0.05) is 5.02 Å². The third kappa shape index (κ3) is 3.30. The second kappa shape index (κ2) is 7.93. The molecule has 162 valence electrons. The van der Waals surface area contributed by atoms with E-state index in [9.17, 15) is 14.0 Å². The minimum atomic E-state index is -1.00. The van der Waals surface area contributed by atoms with E-state index in [2.05, 4.69) is 0 Å². The van der Waals surface area contributed by atoms with Crippen LogP contribution >= 0.6 is 11.6 Å². The molecule has 0 N–H and O–H groups in total. The Morgan fingerprint density at radius 1 is 0.875 bits per heavy atom. The molecule has 2 aliphatic heterocycles. The Morgan fingerprint density at radius 3 is 2.12 bits per heavy atom. The van der Waals surface area contributed by atoms with Gasteiger partial charge in [0.15, 0.2) is 6.10 Å². The number of hydrogen-bond acceptors (Lipinski definition) is 5. The molecular weight excluding hydrogens is 435 g/mol. The first-order chi connectivity index (χ1) is 15.5. The molecule has 0 aromatic heterocycles. The van der Waals surface area contributed by atoms with Crippen molar-refractivity contribution in [3.63, 3.8) is 0 Å². The van der Waals surface area contributed by atoms with Gasteiger partial charge in [-0.25, -0.2) is 14.4 Å². The maximum Gasteiger partial charge on any atom is 0.266 e. The minimum Gasteiger partial charge on any atom is -0.497 e. The normalized spacial score (nSPS) is 22.4. The van der Waals surface area contributed by atoms with Crippen LogP contribution in [-0.2, 0) is 14.4 Å². The zero-order chi connectivity index (χ0) is 22.4. The summed E-state index contributed by atoms with van der Waals surface area (Å²) in [5.41, 5.74) is 1.73. The summed E-state index contributed by atoms with van der Waals surface area (Å²) in [7, 11) is 1.54. The highest BCUT2D eigenvalue weighted by molar-refractivity contribution is 6.30. The van der Waals surface area contributed by atoms with E-state index in [-0.39, 0.29) is 5.91 Å². The lowest BCUT2D eigenvalue weighted by atomic mass is 9.90. The average molecular weight is 453 g/mol. The van der Waals surface area contributed by atoms with Gasteiger partial charge in [0.25, 0.3) is 5.91 Å². The summed E-state index contributed by atoms with van der Waals surface area (Å²) < 4.78 is 18.7. The number of nitrogens with zero attached hydrogens (tertiary/aromatic N) is 2. The van der Waals surface area contributed by atoms with Crippen molar-refractivity contribution >= 4 is 34.8 Å². The number of hydrogen-bond donors (Lipinski definition) is 0. The number of halogens is 2. The predicted molar refractivity (Wildman–Crippen MR) is 117 cm³/mol. The molecule has 8 heteroatoms. The van der Waals surface area contributed by atoms with Gasteiger partial charge in [-0.2, -0.15) is 0 Å². The number of amides is 2. The highest BCUT2D eigenvalue weighted by atomic mass is 35.5. The second-order valence-corrected chi connectivity index (χ2v) is 8.00. The highest BCUT2D eigenvalue weighted by Crippen LogP contribution is 2.47. The fourth-order valence-electron chi connectivity index (χ4n) is 4.21. The van der Waals surface area contributed by atoms with Crippen molar-refractivity contribution in [1.82, 2.24) is 0 Å². The molecule has 0 aliphatic carbocycles. The Labute approximate surface area is 188 Å². The van der Waals surface area contributed by atoms with E-state index in [0.29, 0.717) is 27.7 Å².